The van der Waals surface area contributed by atoms with Crippen LogP contribution in [0.15, 0.2) is 18.2 Å². The molecule has 1 aromatic carbocycles. The number of rotatable bonds is 4. The Balaban J connectivity index is 2.14. The maximum absolute atomic E-state index is 12.7. The Kier molecular flexibility index (Phi) is 4.36. The van der Waals surface area contributed by atoms with Crippen molar-refractivity contribution in [1.82, 2.24) is 0 Å². The highest BCUT2D eigenvalue weighted by atomic mass is 16.3. The molecule has 0 aromatic heterocycles. The number of aromatic hydroxyl groups is 1. The van der Waals surface area contributed by atoms with Gasteiger partial charge in [-0.15, -0.1) is 0 Å². The van der Waals surface area contributed by atoms with Crippen LogP contribution in [0.4, 0.5) is 5.69 Å². The molecule has 0 unspecified atom stereocenters. The normalized spacial score (nSPS) is 17.4. The smallest absolute Gasteiger partial charge is 0.230 e. The summed E-state index contributed by atoms with van der Waals surface area (Å²) < 4.78 is 0. The van der Waals surface area contributed by atoms with Crippen LogP contribution in [0, 0.1) is 18.3 Å². The van der Waals surface area contributed by atoms with Gasteiger partial charge in [-0.05, 0) is 55.9 Å². The van der Waals surface area contributed by atoms with Gasteiger partial charge in [0.05, 0.1) is 0 Å². The molecule has 0 aliphatic heterocycles. The van der Waals surface area contributed by atoms with E-state index in [1.54, 1.807) is 12.1 Å². The third-order valence-corrected chi connectivity index (χ3v) is 4.30. The molecular weight excluding hydrogens is 250 g/mol. The molecule has 0 bridgehead atoms. The molecule has 0 heterocycles. The lowest BCUT2D eigenvalue weighted by Crippen LogP contribution is -2.35. The molecule has 3 nitrogen and oxygen atoms in total. The fourth-order valence-electron chi connectivity index (χ4n) is 3.35. The number of phenolic OH excluding ortho intramolecular Hbond substituents is 1. The number of carbonyl (C=O) groups is 1. The summed E-state index contributed by atoms with van der Waals surface area (Å²) in [6, 6.07) is 5.22. The SMILES string of the molecule is Cc1cc(NC(=O)C2(CC(C)C)CCCC2)ccc1O. The van der Waals surface area contributed by atoms with E-state index in [1.165, 1.54) is 0 Å². The molecule has 0 saturated heterocycles. The first kappa shape index (κ1) is 14.9. The van der Waals surface area contributed by atoms with E-state index in [0.29, 0.717) is 5.92 Å². The van der Waals surface area contributed by atoms with Gasteiger partial charge in [-0.1, -0.05) is 26.7 Å². The highest BCUT2D eigenvalue weighted by Crippen LogP contribution is 2.44. The summed E-state index contributed by atoms with van der Waals surface area (Å²) in [7, 11) is 0. The number of benzene rings is 1. The molecule has 2 N–H and O–H groups in total. The van der Waals surface area contributed by atoms with Gasteiger partial charge in [0.1, 0.15) is 5.75 Å². The Morgan fingerprint density at radius 3 is 2.55 bits per heavy atom. The highest BCUT2D eigenvalue weighted by molar-refractivity contribution is 5.95. The van der Waals surface area contributed by atoms with Gasteiger partial charge in [-0.3, -0.25) is 4.79 Å². The van der Waals surface area contributed by atoms with Gasteiger partial charge < -0.3 is 10.4 Å². The van der Waals surface area contributed by atoms with Crippen LogP contribution in [0.1, 0.15) is 51.5 Å². The Morgan fingerprint density at radius 1 is 1.35 bits per heavy atom. The second-order valence-electron chi connectivity index (χ2n) is 6.54. The van der Waals surface area contributed by atoms with Gasteiger partial charge in [0.25, 0.3) is 0 Å². The van der Waals surface area contributed by atoms with Crippen LogP contribution in [0.5, 0.6) is 5.75 Å². The zero-order valence-corrected chi connectivity index (χ0v) is 12.7. The lowest BCUT2D eigenvalue weighted by molar-refractivity contribution is -0.126. The Bertz CT molecular complexity index is 488. The van der Waals surface area contributed by atoms with Crippen LogP contribution in [-0.2, 0) is 4.79 Å². The quantitative estimate of drug-likeness (QED) is 0.807. The fraction of sp³-hybridized carbons (Fsp3) is 0.588. The second-order valence-corrected chi connectivity index (χ2v) is 6.54. The van der Waals surface area contributed by atoms with Crippen molar-refractivity contribution in [2.75, 3.05) is 5.32 Å². The summed E-state index contributed by atoms with van der Waals surface area (Å²) in [5.41, 5.74) is 1.37. The minimum Gasteiger partial charge on any atom is -0.508 e. The van der Waals surface area contributed by atoms with E-state index < -0.39 is 0 Å². The molecule has 20 heavy (non-hydrogen) atoms. The van der Waals surface area contributed by atoms with Crippen molar-refractivity contribution in [3.63, 3.8) is 0 Å². The number of hydrogen-bond acceptors (Lipinski definition) is 2. The van der Waals surface area contributed by atoms with Crippen LogP contribution < -0.4 is 5.32 Å². The van der Waals surface area contributed by atoms with Crippen molar-refractivity contribution >= 4 is 11.6 Å². The third kappa shape index (κ3) is 3.14. The maximum Gasteiger partial charge on any atom is 0.230 e. The zero-order valence-electron chi connectivity index (χ0n) is 12.7. The molecule has 1 amide bonds. The van der Waals surface area contributed by atoms with E-state index >= 15 is 0 Å². The van der Waals surface area contributed by atoms with Gasteiger partial charge in [-0.25, -0.2) is 0 Å². The van der Waals surface area contributed by atoms with Crippen LogP contribution >= 0.6 is 0 Å². The van der Waals surface area contributed by atoms with E-state index in [0.717, 1.165) is 43.4 Å². The number of amides is 1. The van der Waals surface area contributed by atoms with Gasteiger partial charge in [0.15, 0.2) is 0 Å². The first-order chi connectivity index (χ1) is 9.43. The van der Waals surface area contributed by atoms with E-state index in [2.05, 4.69) is 19.2 Å². The monoisotopic (exact) mass is 275 g/mol. The average Bonchev–Trinajstić information content (AvgIpc) is 2.83. The standard InChI is InChI=1S/C17H25NO2/c1-12(2)11-17(8-4-5-9-17)16(20)18-14-6-7-15(19)13(3)10-14/h6-7,10,12,19H,4-5,8-9,11H2,1-3H3,(H,18,20). The molecule has 0 radical (unpaired) electrons. The Labute approximate surface area is 121 Å². The summed E-state index contributed by atoms with van der Waals surface area (Å²) in [4.78, 5) is 12.7. The third-order valence-electron chi connectivity index (χ3n) is 4.30. The zero-order chi connectivity index (χ0) is 14.8. The number of anilines is 1. The minimum atomic E-state index is -0.194. The van der Waals surface area contributed by atoms with E-state index in [4.69, 9.17) is 0 Å². The maximum atomic E-state index is 12.7. The van der Waals surface area contributed by atoms with Gasteiger partial charge in [0, 0.05) is 11.1 Å². The van der Waals surface area contributed by atoms with Crippen LogP contribution in [-0.4, -0.2) is 11.0 Å². The average molecular weight is 275 g/mol. The van der Waals surface area contributed by atoms with Crippen LogP contribution in [0.2, 0.25) is 0 Å². The predicted molar refractivity (Wildman–Crippen MR) is 81.8 cm³/mol. The van der Waals surface area contributed by atoms with Crippen LogP contribution in [0.3, 0.4) is 0 Å². The van der Waals surface area contributed by atoms with Gasteiger partial charge in [0.2, 0.25) is 5.91 Å². The lowest BCUT2D eigenvalue weighted by Gasteiger charge is -2.29. The first-order valence-corrected chi connectivity index (χ1v) is 7.54. The summed E-state index contributed by atoms with van der Waals surface area (Å²) >= 11 is 0. The van der Waals surface area contributed by atoms with Gasteiger partial charge >= 0.3 is 0 Å². The summed E-state index contributed by atoms with van der Waals surface area (Å²) in [6.07, 6.45) is 5.24. The predicted octanol–water partition coefficient (Wildman–Crippen LogP) is 4.25. The number of carbonyl (C=O) groups excluding carboxylic acids is 1. The number of phenols is 1. The molecule has 1 aliphatic rings. The molecule has 0 atom stereocenters. The van der Waals surface area contributed by atoms with Gasteiger partial charge in [-0.2, -0.15) is 0 Å². The molecule has 0 spiro atoms. The summed E-state index contributed by atoms with van der Waals surface area (Å²) in [6.45, 7) is 6.19. The van der Waals surface area contributed by atoms with Crippen LogP contribution in [0.25, 0.3) is 0 Å². The number of aryl methyl sites for hydroxylation is 1. The molecule has 110 valence electrons. The fourth-order valence-corrected chi connectivity index (χ4v) is 3.35. The van der Waals surface area contributed by atoms with Crippen molar-refractivity contribution in [3.8, 4) is 5.75 Å². The van der Waals surface area contributed by atoms with Crippen molar-refractivity contribution in [2.45, 2.75) is 52.9 Å². The molecule has 2 rings (SSSR count). The van der Waals surface area contributed by atoms with Crippen molar-refractivity contribution in [2.24, 2.45) is 11.3 Å². The molecule has 3 heteroatoms. The lowest BCUT2D eigenvalue weighted by atomic mass is 9.77. The number of nitrogens with one attached hydrogen (secondary N) is 1. The summed E-state index contributed by atoms with van der Waals surface area (Å²) in [5.74, 6) is 0.940. The first-order valence-electron chi connectivity index (χ1n) is 7.54. The molecular formula is C17H25NO2. The summed E-state index contributed by atoms with van der Waals surface area (Å²) in [5, 5.41) is 12.6. The highest BCUT2D eigenvalue weighted by Gasteiger charge is 2.41. The van der Waals surface area contributed by atoms with Crippen molar-refractivity contribution in [3.05, 3.63) is 23.8 Å². The molecule has 1 saturated carbocycles. The minimum absolute atomic E-state index is 0.147. The van der Waals surface area contributed by atoms with Crippen molar-refractivity contribution < 1.29 is 9.90 Å². The number of hydrogen-bond donors (Lipinski definition) is 2. The van der Waals surface area contributed by atoms with E-state index in [-0.39, 0.29) is 17.1 Å². The van der Waals surface area contributed by atoms with E-state index in [9.17, 15) is 9.90 Å². The largest absolute Gasteiger partial charge is 0.508 e. The molecule has 1 aliphatic carbocycles. The second kappa shape index (κ2) is 5.86. The van der Waals surface area contributed by atoms with Crippen molar-refractivity contribution in [1.29, 1.82) is 0 Å². The van der Waals surface area contributed by atoms with E-state index in [1.807, 2.05) is 13.0 Å². The molecule has 1 fully saturated rings. The topological polar surface area (TPSA) is 49.3 Å². The Morgan fingerprint density at radius 2 is 2.00 bits per heavy atom. The molecule has 1 aromatic rings. The Hall–Kier alpha value is -1.51.